The van der Waals surface area contributed by atoms with E-state index >= 15 is 0 Å². The van der Waals surface area contributed by atoms with E-state index in [1.54, 1.807) is 6.07 Å². The molecule has 1 rings (SSSR count). The molecule has 0 radical (unpaired) electrons. The molecule has 0 saturated carbocycles. The first-order chi connectivity index (χ1) is 5.52. The number of rotatable bonds is 1. The Morgan fingerprint density at radius 1 is 1.33 bits per heavy atom. The van der Waals surface area contributed by atoms with E-state index < -0.39 is 5.97 Å². The van der Waals surface area contributed by atoms with Gasteiger partial charge in [0.05, 0.1) is 10.6 Å². The fraction of sp³-hybridized carbons (Fsp3) is 0. The van der Waals surface area contributed by atoms with Crippen LogP contribution in [-0.2, 0) is 0 Å². The predicted molar refractivity (Wildman–Crippen MR) is 53.8 cm³/mol. The summed E-state index contributed by atoms with van der Waals surface area (Å²) in [5, 5.41) is 9.06. The summed E-state index contributed by atoms with van der Waals surface area (Å²) in [5.74, 6) is -1.00. The van der Waals surface area contributed by atoms with Gasteiger partial charge in [0.25, 0.3) is 0 Å². The Hall–Kier alpha value is -0.0600. The lowest BCUT2D eigenvalue weighted by Gasteiger charge is -2.01. The molecule has 0 amide bonds. The molecule has 0 aliphatic heterocycles. The highest BCUT2D eigenvalue weighted by molar-refractivity contribution is 9.11. The van der Waals surface area contributed by atoms with Gasteiger partial charge in [0.15, 0.2) is 0 Å². The maximum absolute atomic E-state index is 10.6. The molecule has 1 aromatic carbocycles. The Morgan fingerprint density at radius 2 is 1.92 bits per heavy atom. The molecule has 0 saturated heterocycles. The van der Waals surface area contributed by atoms with Gasteiger partial charge in [-0.2, -0.15) is 0 Å². The third-order valence-corrected chi connectivity index (χ3v) is 3.09. The lowest BCUT2D eigenvalue weighted by Crippen LogP contribution is -1.97. The molecule has 1 aromatic rings. The van der Waals surface area contributed by atoms with Crippen LogP contribution in [0, 0.1) is 0 Å². The molecule has 5 heteroatoms. The van der Waals surface area contributed by atoms with Crippen LogP contribution in [-0.4, -0.2) is 11.1 Å². The van der Waals surface area contributed by atoms with E-state index in [1.165, 1.54) is 6.07 Å². The van der Waals surface area contributed by atoms with Crippen molar-refractivity contribution in [2.24, 2.45) is 0 Å². The van der Waals surface area contributed by atoms with Crippen molar-refractivity contribution in [3.8, 4) is 0 Å². The summed E-state index contributed by atoms with van der Waals surface area (Å²) in [4.78, 5) is 10.6. The second-order valence-electron chi connectivity index (χ2n) is 2.05. The number of benzene rings is 1. The van der Waals surface area contributed by atoms with Crippen LogP contribution >= 0.6 is 43.5 Å². The Labute approximate surface area is 90.8 Å². The highest BCUT2D eigenvalue weighted by Gasteiger charge is 2.10. The molecule has 0 atom stereocenters. The Kier molecular flexibility index (Phi) is 3.15. The second-order valence-corrected chi connectivity index (χ2v) is 4.17. The molecule has 0 fully saturated rings. The minimum absolute atomic E-state index is 0.156. The number of carboxylic acid groups (broad SMARTS) is 1. The average molecular weight is 314 g/mol. The maximum atomic E-state index is 10.6. The van der Waals surface area contributed by atoms with Crippen molar-refractivity contribution < 1.29 is 9.90 Å². The van der Waals surface area contributed by atoms with E-state index in [4.69, 9.17) is 16.7 Å². The van der Waals surface area contributed by atoms with E-state index in [-0.39, 0.29) is 5.56 Å². The molecule has 64 valence electrons. The topological polar surface area (TPSA) is 37.3 Å². The monoisotopic (exact) mass is 312 g/mol. The van der Waals surface area contributed by atoms with Gasteiger partial charge in [-0.1, -0.05) is 11.6 Å². The number of carbonyl (C=O) groups is 1. The summed E-state index contributed by atoms with van der Waals surface area (Å²) in [6, 6.07) is 2.99. The molecule has 12 heavy (non-hydrogen) atoms. The van der Waals surface area contributed by atoms with Crippen LogP contribution in [0.15, 0.2) is 21.1 Å². The quantitative estimate of drug-likeness (QED) is 0.805. The van der Waals surface area contributed by atoms with E-state index in [0.29, 0.717) is 14.0 Å². The van der Waals surface area contributed by atoms with Crippen LogP contribution in [0.25, 0.3) is 0 Å². The van der Waals surface area contributed by atoms with Gasteiger partial charge in [0, 0.05) is 8.95 Å². The number of hydrogen-bond donors (Lipinski definition) is 1. The standard InChI is InChI=1S/C7H3Br2ClO2/c8-4-2-5(9)6(10)1-3(4)7(11)12/h1-2H,(H,11,12). The lowest BCUT2D eigenvalue weighted by atomic mass is 10.2. The Bertz CT molecular complexity index is 338. The summed E-state index contributed by atoms with van der Waals surface area (Å²) >= 11 is 12.0. The van der Waals surface area contributed by atoms with Gasteiger partial charge in [-0.3, -0.25) is 0 Å². The summed E-state index contributed by atoms with van der Waals surface area (Å²) in [6.07, 6.45) is 0. The molecule has 1 N–H and O–H groups in total. The predicted octanol–water partition coefficient (Wildman–Crippen LogP) is 3.56. The van der Waals surface area contributed by atoms with E-state index in [9.17, 15) is 4.79 Å². The lowest BCUT2D eigenvalue weighted by molar-refractivity contribution is 0.0696. The summed E-state index contributed by atoms with van der Waals surface area (Å²) in [6.45, 7) is 0. The van der Waals surface area contributed by atoms with Crippen molar-refractivity contribution in [1.82, 2.24) is 0 Å². The largest absolute Gasteiger partial charge is 0.478 e. The van der Waals surface area contributed by atoms with Crippen molar-refractivity contribution in [3.05, 3.63) is 31.7 Å². The van der Waals surface area contributed by atoms with Gasteiger partial charge in [-0.05, 0) is 44.0 Å². The first-order valence-corrected chi connectivity index (χ1v) is 4.86. The van der Waals surface area contributed by atoms with Gasteiger partial charge in [0.2, 0.25) is 0 Å². The first kappa shape index (κ1) is 10.0. The fourth-order valence-corrected chi connectivity index (χ4v) is 2.01. The molecular weight excluding hydrogens is 311 g/mol. The molecule has 0 heterocycles. The number of hydrogen-bond acceptors (Lipinski definition) is 1. The van der Waals surface area contributed by atoms with Crippen molar-refractivity contribution in [1.29, 1.82) is 0 Å². The number of aromatic carboxylic acids is 1. The SMILES string of the molecule is O=C(O)c1cc(Cl)c(Br)cc1Br. The number of halogens is 3. The molecule has 2 nitrogen and oxygen atoms in total. The minimum atomic E-state index is -1.00. The molecule has 0 aliphatic carbocycles. The Morgan fingerprint density at radius 3 is 2.42 bits per heavy atom. The molecule has 0 aromatic heterocycles. The molecule has 0 spiro atoms. The third-order valence-electron chi connectivity index (χ3n) is 1.24. The van der Waals surface area contributed by atoms with Crippen LogP contribution in [0.1, 0.15) is 10.4 Å². The zero-order chi connectivity index (χ0) is 9.30. The van der Waals surface area contributed by atoms with Gasteiger partial charge < -0.3 is 5.11 Å². The minimum Gasteiger partial charge on any atom is -0.478 e. The van der Waals surface area contributed by atoms with Crippen LogP contribution in [0.4, 0.5) is 0 Å². The van der Waals surface area contributed by atoms with Gasteiger partial charge in [0.1, 0.15) is 0 Å². The van der Waals surface area contributed by atoms with Crippen LogP contribution in [0.2, 0.25) is 5.02 Å². The fourth-order valence-electron chi connectivity index (χ4n) is 0.686. The third kappa shape index (κ3) is 2.00. The molecule has 0 aliphatic rings. The second kappa shape index (κ2) is 3.77. The maximum Gasteiger partial charge on any atom is 0.336 e. The number of carboxylic acids is 1. The summed E-state index contributed by atoms with van der Waals surface area (Å²) in [7, 11) is 0. The van der Waals surface area contributed by atoms with Gasteiger partial charge in [-0.25, -0.2) is 4.79 Å². The highest BCUT2D eigenvalue weighted by atomic mass is 79.9. The highest BCUT2D eigenvalue weighted by Crippen LogP contribution is 2.29. The van der Waals surface area contributed by atoms with E-state index in [1.807, 2.05) is 0 Å². The van der Waals surface area contributed by atoms with E-state index in [2.05, 4.69) is 31.9 Å². The molecule has 0 bridgehead atoms. The molecule has 0 unspecified atom stereocenters. The van der Waals surface area contributed by atoms with Crippen LogP contribution in [0.5, 0.6) is 0 Å². The smallest absolute Gasteiger partial charge is 0.336 e. The van der Waals surface area contributed by atoms with Crippen molar-refractivity contribution in [2.45, 2.75) is 0 Å². The first-order valence-electron chi connectivity index (χ1n) is 2.90. The van der Waals surface area contributed by atoms with Crippen LogP contribution in [0.3, 0.4) is 0 Å². The zero-order valence-corrected chi connectivity index (χ0v) is 9.57. The molecular formula is C7H3Br2ClO2. The van der Waals surface area contributed by atoms with Crippen molar-refractivity contribution in [3.63, 3.8) is 0 Å². The summed E-state index contributed by atoms with van der Waals surface area (Å²) in [5.41, 5.74) is 0.156. The van der Waals surface area contributed by atoms with E-state index in [0.717, 1.165) is 0 Å². The van der Waals surface area contributed by atoms with Gasteiger partial charge in [-0.15, -0.1) is 0 Å². The van der Waals surface area contributed by atoms with Crippen molar-refractivity contribution >= 4 is 49.4 Å². The normalized spacial score (nSPS) is 9.92. The summed E-state index contributed by atoms with van der Waals surface area (Å²) < 4.78 is 1.17. The zero-order valence-electron chi connectivity index (χ0n) is 5.64. The average Bonchev–Trinajstić information content (AvgIpc) is 1.96. The van der Waals surface area contributed by atoms with Gasteiger partial charge >= 0.3 is 5.97 Å². The van der Waals surface area contributed by atoms with Crippen molar-refractivity contribution in [2.75, 3.05) is 0 Å². The Balaban J connectivity index is 3.33. The van der Waals surface area contributed by atoms with Crippen LogP contribution < -0.4 is 0 Å².